The Labute approximate surface area is 179 Å². The summed E-state index contributed by atoms with van der Waals surface area (Å²) >= 11 is -1.69. The van der Waals surface area contributed by atoms with Gasteiger partial charge in [0.15, 0.2) is 0 Å². The first-order valence-electron chi connectivity index (χ1n) is 10.4. The summed E-state index contributed by atoms with van der Waals surface area (Å²) in [5.41, 5.74) is 9.62. The molecule has 2 aromatic carbocycles. The number of aliphatic imine (C=N–C) groups is 1. The van der Waals surface area contributed by atoms with Crippen LogP contribution < -0.4 is 15.5 Å². The number of amides is 2. The van der Waals surface area contributed by atoms with Gasteiger partial charge >= 0.3 is 11.5 Å². The molecule has 5 rings (SSSR count). The van der Waals surface area contributed by atoms with Gasteiger partial charge in [0.05, 0.1) is 6.54 Å². The lowest BCUT2D eigenvalue weighted by atomic mass is 9.99. The van der Waals surface area contributed by atoms with E-state index >= 15 is 0 Å². The van der Waals surface area contributed by atoms with E-state index in [2.05, 4.69) is 26.5 Å². The van der Waals surface area contributed by atoms with Gasteiger partial charge in [-0.15, -0.1) is 0 Å². The number of anilines is 1. The van der Waals surface area contributed by atoms with Crippen molar-refractivity contribution >= 4 is 29.4 Å². The smallest absolute Gasteiger partial charge is 0.360 e. The number of benzene rings is 2. The highest BCUT2D eigenvalue weighted by atomic mass is 32.2. The lowest BCUT2D eigenvalue weighted by Gasteiger charge is -2.20. The van der Waals surface area contributed by atoms with Crippen molar-refractivity contribution in [3.8, 4) is 0 Å². The first-order valence-corrected chi connectivity index (χ1v) is 11.6. The number of carbonyl (C=O) groups is 1. The Hall–Kier alpha value is -2.55. The Morgan fingerprint density at radius 2 is 1.83 bits per heavy atom. The molecule has 7 nitrogen and oxygen atoms in total. The molecule has 0 saturated carbocycles. The molecule has 30 heavy (non-hydrogen) atoms. The molecule has 3 N–H and O–H groups in total. The lowest BCUT2D eigenvalue weighted by Crippen LogP contribution is -2.47. The molecule has 2 aliphatic carbocycles. The molecule has 0 saturated heterocycles. The van der Waals surface area contributed by atoms with Gasteiger partial charge in [0.1, 0.15) is 17.7 Å². The van der Waals surface area contributed by atoms with Crippen molar-refractivity contribution in [2.45, 2.75) is 50.6 Å². The number of urea groups is 1. The first kappa shape index (κ1) is 19.4. The number of hydrazine groups is 1. The van der Waals surface area contributed by atoms with Crippen molar-refractivity contribution in [1.29, 1.82) is 0 Å². The van der Waals surface area contributed by atoms with Crippen LogP contribution in [-0.2, 0) is 43.6 Å². The van der Waals surface area contributed by atoms with Crippen LogP contribution in [0.15, 0.2) is 41.4 Å². The molecule has 1 aliphatic heterocycles. The van der Waals surface area contributed by atoms with Crippen molar-refractivity contribution in [3.63, 3.8) is 0 Å². The van der Waals surface area contributed by atoms with Gasteiger partial charge in [0, 0.05) is 5.69 Å². The lowest BCUT2D eigenvalue weighted by molar-refractivity contribution is 0.256. The van der Waals surface area contributed by atoms with Crippen LogP contribution in [0.4, 0.5) is 10.5 Å². The second kappa shape index (κ2) is 8.29. The van der Waals surface area contributed by atoms with Gasteiger partial charge in [-0.2, -0.15) is 10.1 Å². The minimum Gasteiger partial charge on any atom is -0.590 e. The van der Waals surface area contributed by atoms with Crippen LogP contribution in [0.3, 0.4) is 0 Å². The molecule has 156 valence electrons. The van der Waals surface area contributed by atoms with Gasteiger partial charge in [0.25, 0.3) is 0 Å². The summed E-state index contributed by atoms with van der Waals surface area (Å²) in [7, 11) is 0. The Morgan fingerprint density at radius 1 is 1.13 bits per heavy atom. The zero-order chi connectivity index (χ0) is 20.5. The highest BCUT2D eigenvalue weighted by Gasteiger charge is 2.31. The van der Waals surface area contributed by atoms with Crippen LogP contribution >= 0.6 is 0 Å². The SMILES string of the molecule is O=C(Nc1c2c(cc3c1CCC3)CCC2)N[S+]([O-])C1N=CN(Cc2ccccc2)N1. The Kier molecular flexibility index (Phi) is 5.37. The molecule has 8 heteroatoms. The van der Waals surface area contributed by atoms with Crippen LogP contribution in [0.5, 0.6) is 0 Å². The number of nitrogens with one attached hydrogen (secondary N) is 3. The molecule has 0 radical (unpaired) electrons. The van der Waals surface area contributed by atoms with Crippen LogP contribution in [0, 0.1) is 0 Å². The quantitative estimate of drug-likeness (QED) is 0.645. The van der Waals surface area contributed by atoms with E-state index in [0.29, 0.717) is 6.54 Å². The zero-order valence-corrected chi connectivity index (χ0v) is 17.5. The fourth-order valence-electron chi connectivity index (χ4n) is 4.57. The fraction of sp³-hybridized carbons (Fsp3) is 0.364. The second-order valence-electron chi connectivity index (χ2n) is 7.95. The van der Waals surface area contributed by atoms with Crippen molar-refractivity contribution in [3.05, 3.63) is 64.2 Å². The molecular formula is C22H25N5O2S. The summed E-state index contributed by atoms with van der Waals surface area (Å²) < 4.78 is 15.2. The summed E-state index contributed by atoms with van der Waals surface area (Å²) in [5, 5.41) is 4.78. The normalized spacial score (nSPS) is 20.2. The number of carbonyl (C=O) groups excluding carboxylic acids is 1. The van der Waals surface area contributed by atoms with Gasteiger partial charge in [-0.05, 0) is 66.3 Å². The van der Waals surface area contributed by atoms with Crippen LogP contribution in [0.1, 0.15) is 40.7 Å². The van der Waals surface area contributed by atoms with Crippen molar-refractivity contribution in [2.75, 3.05) is 5.32 Å². The van der Waals surface area contributed by atoms with E-state index in [4.69, 9.17) is 0 Å². The summed E-state index contributed by atoms with van der Waals surface area (Å²) in [6, 6.07) is 11.8. The minimum absolute atomic E-state index is 0.443. The van der Waals surface area contributed by atoms with Crippen molar-refractivity contribution < 1.29 is 9.35 Å². The standard InChI is InChI=1S/C22H25N5O2S/c28-21(24-20-18-10-4-8-16(18)12-17-9-5-11-19(17)20)26-30(29)22-23-14-27(25-22)13-15-6-2-1-3-7-15/h1-3,6-7,12,14,22,25H,4-5,8-11,13H2,(H2,24,26,28). The van der Waals surface area contributed by atoms with Crippen LogP contribution in [-0.4, -0.2) is 27.4 Å². The molecule has 0 spiro atoms. The molecule has 2 amide bonds. The molecule has 1 heterocycles. The topological polar surface area (TPSA) is 91.8 Å². The third-order valence-electron chi connectivity index (χ3n) is 5.92. The van der Waals surface area contributed by atoms with Gasteiger partial charge < -0.3 is 9.87 Å². The Morgan fingerprint density at radius 3 is 2.53 bits per heavy atom. The first-order chi connectivity index (χ1) is 14.7. The van der Waals surface area contributed by atoms with E-state index in [9.17, 15) is 9.35 Å². The van der Waals surface area contributed by atoms with Gasteiger partial charge in [-0.3, -0.25) is 5.01 Å². The number of hydrogen-bond acceptors (Lipinski definition) is 5. The minimum atomic E-state index is -1.69. The maximum Gasteiger partial charge on any atom is 0.360 e. The van der Waals surface area contributed by atoms with Crippen molar-refractivity contribution in [1.82, 2.24) is 15.2 Å². The fourth-order valence-corrected chi connectivity index (χ4v) is 5.31. The number of aryl methyl sites for hydroxylation is 2. The molecule has 2 aromatic rings. The molecule has 0 bridgehead atoms. The highest BCUT2D eigenvalue weighted by molar-refractivity contribution is 7.90. The molecule has 3 aliphatic rings. The monoisotopic (exact) mass is 423 g/mol. The summed E-state index contributed by atoms with van der Waals surface area (Å²) in [6.45, 7) is 0.604. The molecule has 2 unspecified atom stereocenters. The summed E-state index contributed by atoms with van der Waals surface area (Å²) in [6.07, 6.45) is 7.99. The van der Waals surface area contributed by atoms with E-state index in [1.165, 1.54) is 22.3 Å². The third-order valence-corrected chi connectivity index (χ3v) is 6.94. The number of rotatable bonds is 5. The van der Waals surface area contributed by atoms with Crippen molar-refractivity contribution in [2.24, 2.45) is 4.99 Å². The summed E-state index contributed by atoms with van der Waals surface area (Å²) in [4.78, 5) is 16.9. The second-order valence-corrected chi connectivity index (χ2v) is 9.19. The predicted molar refractivity (Wildman–Crippen MR) is 118 cm³/mol. The average molecular weight is 424 g/mol. The largest absolute Gasteiger partial charge is 0.590 e. The number of nitrogens with zero attached hydrogens (tertiary/aromatic N) is 2. The summed E-state index contributed by atoms with van der Waals surface area (Å²) in [5.74, 6) is 0. The van der Waals surface area contributed by atoms with E-state index in [-0.39, 0.29) is 0 Å². The molecular weight excluding hydrogens is 398 g/mol. The van der Waals surface area contributed by atoms with Gasteiger partial charge in [0.2, 0.25) is 0 Å². The van der Waals surface area contributed by atoms with E-state index in [1.54, 1.807) is 11.3 Å². The van der Waals surface area contributed by atoms with Gasteiger partial charge in [-0.1, -0.05) is 36.4 Å². The third kappa shape index (κ3) is 3.90. The maximum atomic E-state index is 12.6. The molecule has 2 atom stereocenters. The highest BCUT2D eigenvalue weighted by Crippen LogP contribution is 2.38. The van der Waals surface area contributed by atoms with E-state index < -0.39 is 22.9 Å². The zero-order valence-electron chi connectivity index (χ0n) is 16.7. The Balaban J connectivity index is 1.21. The van der Waals surface area contributed by atoms with E-state index in [1.807, 2.05) is 30.3 Å². The van der Waals surface area contributed by atoms with Crippen LogP contribution in [0.25, 0.3) is 0 Å². The Bertz CT molecular complexity index is 949. The average Bonchev–Trinajstić information content (AvgIpc) is 3.49. The molecule has 0 aromatic heterocycles. The molecule has 0 fully saturated rings. The van der Waals surface area contributed by atoms with E-state index in [0.717, 1.165) is 49.8 Å². The predicted octanol–water partition coefficient (Wildman–Crippen LogP) is 2.78. The van der Waals surface area contributed by atoms with Gasteiger partial charge in [-0.25, -0.2) is 9.79 Å². The van der Waals surface area contributed by atoms with Crippen LogP contribution in [0.2, 0.25) is 0 Å². The number of fused-ring (bicyclic) bond motifs is 2. The number of hydrogen-bond donors (Lipinski definition) is 3. The maximum absolute atomic E-state index is 12.6.